The van der Waals surface area contributed by atoms with E-state index in [1.54, 1.807) is 15.9 Å². The first-order valence-electron chi connectivity index (χ1n) is 11.7. The molecule has 186 valence electrons. The highest BCUT2D eigenvalue weighted by Gasteiger charge is 2.21. The van der Waals surface area contributed by atoms with Crippen molar-refractivity contribution in [1.82, 2.24) is 25.0 Å². The standard InChI is InChI=1S/C25H30F2N6O2/c1-4-35-22-14-20(8-9-21(22)33-16-29-18(3)30-33)31-10-5-11-32(13-12-31)25(34)28-15-19-7-6-17(2)23(26)24(19)27/h6-9,14,16H,4-5,10-13,15H2,1-3H3,(H,28,34). The van der Waals surface area contributed by atoms with Crippen LogP contribution in [0.1, 0.15) is 30.3 Å². The lowest BCUT2D eigenvalue weighted by atomic mass is 10.1. The highest BCUT2D eigenvalue weighted by molar-refractivity contribution is 5.74. The third kappa shape index (κ3) is 5.52. The highest BCUT2D eigenvalue weighted by atomic mass is 19.2. The van der Waals surface area contributed by atoms with Crippen LogP contribution in [0.25, 0.3) is 5.69 Å². The molecular weight excluding hydrogens is 454 g/mol. The maximum Gasteiger partial charge on any atom is 0.317 e. The molecule has 10 heteroatoms. The molecule has 0 atom stereocenters. The van der Waals surface area contributed by atoms with Crippen molar-refractivity contribution in [3.05, 3.63) is 65.2 Å². The average molecular weight is 485 g/mol. The number of hydrogen-bond donors (Lipinski definition) is 1. The number of urea groups is 1. The summed E-state index contributed by atoms with van der Waals surface area (Å²) in [5.41, 5.74) is 2.17. The minimum Gasteiger partial charge on any atom is -0.492 e. The first-order chi connectivity index (χ1) is 16.9. The molecule has 0 saturated carbocycles. The molecule has 1 N–H and O–H groups in total. The van der Waals surface area contributed by atoms with Gasteiger partial charge in [0.05, 0.1) is 6.61 Å². The van der Waals surface area contributed by atoms with Gasteiger partial charge in [0.2, 0.25) is 0 Å². The Hall–Kier alpha value is -3.69. The average Bonchev–Trinajstić information content (AvgIpc) is 3.13. The van der Waals surface area contributed by atoms with Gasteiger partial charge in [-0.05, 0) is 44.9 Å². The number of amides is 2. The zero-order valence-electron chi connectivity index (χ0n) is 20.2. The molecule has 1 aliphatic rings. The summed E-state index contributed by atoms with van der Waals surface area (Å²) in [6.45, 7) is 8.20. The molecular formula is C25H30F2N6O2. The second kappa shape index (κ2) is 10.7. The van der Waals surface area contributed by atoms with Gasteiger partial charge >= 0.3 is 6.03 Å². The van der Waals surface area contributed by atoms with Gasteiger partial charge in [0.1, 0.15) is 23.6 Å². The number of ether oxygens (including phenoxy) is 1. The molecule has 1 aliphatic heterocycles. The zero-order valence-corrected chi connectivity index (χ0v) is 20.2. The number of carbonyl (C=O) groups excluding carboxylic acids is 1. The molecule has 2 heterocycles. The normalized spacial score (nSPS) is 14.1. The number of benzene rings is 2. The monoisotopic (exact) mass is 484 g/mol. The number of hydrogen-bond acceptors (Lipinski definition) is 5. The zero-order chi connectivity index (χ0) is 24.9. The van der Waals surface area contributed by atoms with Crippen LogP contribution < -0.4 is 15.0 Å². The van der Waals surface area contributed by atoms with Crippen LogP contribution in [0.4, 0.5) is 19.3 Å². The molecule has 0 spiro atoms. The van der Waals surface area contributed by atoms with Crippen LogP contribution in [0.3, 0.4) is 0 Å². The third-order valence-electron chi connectivity index (χ3n) is 6.03. The lowest BCUT2D eigenvalue weighted by molar-refractivity contribution is 0.201. The van der Waals surface area contributed by atoms with Crippen LogP contribution in [-0.2, 0) is 6.54 Å². The predicted molar refractivity (Wildman–Crippen MR) is 129 cm³/mol. The molecule has 2 aromatic carbocycles. The number of anilines is 1. The lowest BCUT2D eigenvalue weighted by Crippen LogP contribution is -2.41. The number of nitrogens with one attached hydrogen (secondary N) is 1. The molecule has 4 rings (SSSR count). The second-order valence-electron chi connectivity index (χ2n) is 8.48. The van der Waals surface area contributed by atoms with E-state index in [2.05, 4.69) is 20.3 Å². The quantitative estimate of drug-likeness (QED) is 0.573. The highest BCUT2D eigenvalue weighted by Crippen LogP contribution is 2.29. The third-order valence-corrected chi connectivity index (χ3v) is 6.03. The molecule has 0 aliphatic carbocycles. The van der Waals surface area contributed by atoms with Gasteiger partial charge in [-0.15, -0.1) is 0 Å². The summed E-state index contributed by atoms with van der Waals surface area (Å²) in [6, 6.07) is 8.67. The summed E-state index contributed by atoms with van der Waals surface area (Å²) in [4.78, 5) is 20.8. The minimum atomic E-state index is -0.915. The lowest BCUT2D eigenvalue weighted by Gasteiger charge is -2.25. The summed E-state index contributed by atoms with van der Waals surface area (Å²) < 4.78 is 35.5. The maximum absolute atomic E-state index is 14.1. The van der Waals surface area contributed by atoms with E-state index in [1.165, 1.54) is 19.1 Å². The van der Waals surface area contributed by atoms with Gasteiger partial charge < -0.3 is 19.9 Å². The number of aryl methyl sites for hydroxylation is 2. The van der Waals surface area contributed by atoms with E-state index in [1.807, 2.05) is 32.0 Å². The van der Waals surface area contributed by atoms with Crippen molar-refractivity contribution in [3.63, 3.8) is 0 Å². The fraction of sp³-hybridized carbons (Fsp3) is 0.400. The van der Waals surface area contributed by atoms with Gasteiger partial charge in [-0.2, -0.15) is 5.10 Å². The topological polar surface area (TPSA) is 75.5 Å². The molecule has 0 radical (unpaired) electrons. The number of carbonyl (C=O) groups is 1. The van der Waals surface area contributed by atoms with Gasteiger partial charge in [0, 0.05) is 50.0 Å². The van der Waals surface area contributed by atoms with Crippen molar-refractivity contribution < 1.29 is 18.3 Å². The van der Waals surface area contributed by atoms with E-state index >= 15 is 0 Å². The molecule has 35 heavy (non-hydrogen) atoms. The molecule has 0 unspecified atom stereocenters. The Morgan fingerprint density at radius 3 is 2.66 bits per heavy atom. The van der Waals surface area contributed by atoms with Crippen LogP contribution in [0.2, 0.25) is 0 Å². The van der Waals surface area contributed by atoms with E-state index in [0.717, 1.165) is 24.3 Å². The molecule has 1 aromatic heterocycles. The molecule has 8 nitrogen and oxygen atoms in total. The van der Waals surface area contributed by atoms with Gasteiger partial charge in [-0.1, -0.05) is 12.1 Å². The Bertz CT molecular complexity index is 1200. The van der Waals surface area contributed by atoms with E-state index in [9.17, 15) is 13.6 Å². The summed E-state index contributed by atoms with van der Waals surface area (Å²) in [7, 11) is 0. The van der Waals surface area contributed by atoms with E-state index in [4.69, 9.17) is 4.74 Å². The SMILES string of the molecule is CCOc1cc(N2CCCN(C(=O)NCc3ccc(C)c(F)c3F)CC2)ccc1-n1cnc(C)n1. The van der Waals surface area contributed by atoms with Crippen molar-refractivity contribution in [3.8, 4) is 11.4 Å². The number of nitrogens with zero attached hydrogens (tertiary/aromatic N) is 5. The van der Waals surface area contributed by atoms with Crippen molar-refractivity contribution in [2.75, 3.05) is 37.7 Å². The second-order valence-corrected chi connectivity index (χ2v) is 8.48. The van der Waals surface area contributed by atoms with Crippen molar-refractivity contribution in [2.24, 2.45) is 0 Å². The molecule has 3 aromatic rings. The van der Waals surface area contributed by atoms with Gasteiger partial charge in [0.15, 0.2) is 11.6 Å². The summed E-state index contributed by atoms with van der Waals surface area (Å²) in [6.07, 6.45) is 2.43. The van der Waals surface area contributed by atoms with Crippen LogP contribution in [0.15, 0.2) is 36.7 Å². The first kappa shape index (κ1) is 24.4. The van der Waals surface area contributed by atoms with Crippen molar-refractivity contribution >= 4 is 11.7 Å². The van der Waals surface area contributed by atoms with Crippen LogP contribution in [0.5, 0.6) is 5.75 Å². The molecule has 1 saturated heterocycles. The number of aromatic nitrogens is 3. The first-order valence-corrected chi connectivity index (χ1v) is 11.7. The van der Waals surface area contributed by atoms with Gasteiger partial charge in [-0.3, -0.25) is 0 Å². The Morgan fingerprint density at radius 1 is 1.09 bits per heavy atom. The molecule has 2 amide bonds. The largest absolute Gasteiger partial charge is 0.492 e. The van der Waals surface area contributed by atoms with Crippen LogP contribution in [0, 0.1) is 25.5 Å². The summed E-state index contributed by atoms with van der Waals surface area (Å²) in [5.74, 6) is -0.403. The predicted octanol–water partition coefficient (Wildman–Crippen LogP) is 3.98. The van der Waals surface area contributed by atoms with Crippen molar-refractivity contribution in [2.45, 2.75) is 33.7 Å². The minimum absolute atomic E-state index is 0.0664. The Balaban J connectivity index is 1.40. The number of halogens is 2. The smallest absolute Gasteiger partial charge is 0.317 e. The Labute approximate surface area is 203 Å². The summed E-state index contributed by atoms with van der Waals surface area (Å²) in [5, 5.41) is 7.10. The van der Waals surface area contributed by atoms with Crippen LogP contribution in [-0.4, -0.2) is 58.5 Å². The van der Waals surface area contributed by atoms with Gasteiger partial charge in [0.25, 0.3) is 0 Å². The Kier molecular flexibility index (Phi) is 7.48. The van der Waals surface area contributed by atoms with Crippen molar-refractivity contribution in [1.29, 1.82) is 0 Å². The van der Waals surface area contributed by atoms with E-state index < -0.39 is 11.6 Å². The number of rotatable bonds is 6. The Morgan fingerprint density at radius 2 is 1.91 bits per heavy atom. The van der Waals surface area contributed by atoms with Gasteiger partial charge in [-0.25, -0.2) is 23.2 Å². The van der Waals surface area contributed by atoms with E-state index in [-0.39, 0.29) is 23.7 Å². The fourth-order valence-corrected chi connectivity index (χ4v) is 4.11. The summed E-state index contributed by atoms with van der Waals surface area (Å²) >= 11 is 0. The van der Waals surface area contributed by atoms with Crippen LogP contribution >= 0.6 is 0 Å². The maximum atomic E-state index is 14.1. The fourth-order valence-electron chi connectivity index (χ4n) is 4.11. The molecule has 1 fully saturated rings. The molecule has 0 bridgehead atoms. The van der Waals surface area contributed by atoms with E-state index in [0.29, 0.717) is 37.8 Å².